The van der Waals surface area contributed by atoms with Crippen molar-refractivity contribution in [1.82, 2.24) is 5.32 Å². The molecule has 0 fully saturated rings. The van der Waals surface area contributed by atoms with Crippen molar-refractivity contribution in [1.29, 1.82) is 0 Å². The molecule has 0 aromatic heterocycles. The Morgan fingerprint density at radius 3 is 2.57 bits per heavy atom. The average Bonchev–Trinajstić information content (AvgIpc) is 2.13. The molecule has 2 nitrogen and oxygen atoms in total. The van der Waals surface area contributed by atoms with Crippen LogP contribution in [-0.4, -0.2) is 37.8 Å². The van der Waals surface area contributed by atoms with Gasteiger partial charge in [-0.15, -0.1) is 0 Å². The third kappa shape index (κ3) is 10.4. The van der Waals surface area contributed by atoms with Crippen LogP contribution in [0.15, 0.2) is 0 Å². The Hall–Kier alpha value is 0.270. The minimum Gasteiger partial charge on any atom is -0.384 e. The Morgan fingerprint density at radius 2 is 2.00 bits per heavy atom. The molecule has 1 N–H and O–H groups in total. The van der Waals surface area contributed by atoms with Gasteiger partial charge in [0.15, 0.2) is 0 Å². The summed E-state index contributed by atoms with van der Waals surface area (Å²) in [4.78, 5) is 0. The molecule has 0 heterocycles. The fourth-order valence-electron chi connectivity index (χ4n) is 1.09. The van der Waals surface area contributed by atoms with Crippen LogP contribution in [0.2, 0.25) is 0 Å². The maximum Gasteiger partial charge on any atom is 0.0553 e. The number of hydrogen-bond donors (Lipinski definition) is 1. The van der Waals surface area contributed by atoms with Crippen molar-refractivity contribution < 1.29 is 4.74 Å². The van der Waals surface area contributed by atoms with Crippen LogP contribution in [0.1, 0.15) is 27.2 Å². The maximum atomic E-state index is 5.01. The number of rotatable bonds is 9. The quantitative estimate of drug-likeness (QED) is 0.602. The molecule has 1 atom stereocenters. The third-order valence-electron chi connectivity index (χ3n) is 2.02. The van der Waals surface area contributed by atoms with Crippen LogP contribution >= 0.6 is 11.8 Å². The molecule has 86 valence electrons. The lowest BCUT2D eigenvalue weighted by atomic mass is 10.1. The molecule has 0 spiro atoms. The molecule has 0 aromatic carbocycles. The minimum absolute atomic E-state index is 0.692. The van der Waals surface area contributed by atoms with Crippen molar-refractivity contribution >= 4 is 11.8 Å². The van der Waals surface area contributed by atoms with Crippen molar-refractivity contribution in [3.63, 3.8) is 0 Å². The molecule has 0 aliphatic heterocycles. The van der Waals surface area contributed by atoms with Gasteiger partial charge in [0.25, 0.3) is 0 Å². The van der Waals surface area contributed by atoms with Gasteiger partial charge < -0.3 is 10.1 Å². The molecule has 0 rings (SSSR count). The highest BCUT2D eigenvalue weighted by molar-refractivity contribution is 7.99. The topological polar surface area (TPSA) is 21.3 Å². The van der Waals surface area contributed by atoms with Gasteiger partial charge in [-0.1, -0.05) is 20.8 Å². The van der Waals surface area contributed by atoms with Crippen LogP contribution in [0.5, 0.6) is 0 Å². The first kappa shape index (κ1) is 14.3. The zero-order valence-electron chi connectivity index (χ0n) is 10.0. The lowest BCUT2D eigenvalue weighted by molar-refractivity contribution is 0.218. The van der Waals surface area contributed by atoms with Gasteiger partial charge in [0.2, 0.25) is 0 Å². The SMILES string of the molecule is COCCSC(C)CNCCC(C)C. The van der Waals surface area contributed by atoms with Gasteiger partial charge in [0, 0.05) is 24.7 Å². The maximum absolute atomic E-state index is 5.01. The van der Waals surface area contributed by atoms with Gasteiger partial charge in [-0.2, -0.15) is 11.8 Å². The summed E-state index contributed by atoms with van der Waals surface area (Å²) in [5.74, 6) is 1.91. The predicted octanol–water partition coefficient (Wildman–Crippen LogP) is 2.39. The van der Waals surface area contributed by atoms with Crippen LogP contribution < -0.4 is 5.32 Å². The van der Waals surface area contributed by atoms with Gasteiger partial charge >= 0.3 is 0 Å². The van der Waals surface area contributed by atoms with E-state index in [-0.39, 0.29) is 0 Å². The monoisotopic (exact) mass is 219 g/mol. The second-order valence-electron chi connectivity index (χ2n) is 4.06. The molecular formula is C11H25NOS. The fourth-order valence-corrected chi connectivity index (χ4v) is 1.99. The van der Waals surface area contributed by atoms with E-state index in [2.05, 4.69) is 26.1 Å². The van der Waals surface area contributed by atoms with Crippen molar-refractivity contribution in [3.8, 4) is 0 Å². The van der Waals surface area contributed by atoms with Crippen LogP contribution in [-0.2, 0) is 4.74 Å². The molecule has 0 amide bonds. The summed E-state index contributed by atoms with van der Waals surface area (Å²) in [7, 11) is 1.76. The summed E-state index contributed by atoms with van der Waals surface area (Å²) in [6, 6.07) is 0. The largest absolute Gasteiger partial charge is 0.384 e. The van der Waals surface area contributed by atoms with Gasteiger partial charge in [0.1, 0.15) is 0 Å². The number of nitrogens with one attached hydrogen (secondary N) is 1. The van der Waals surface area contributed by atoms with Gasteiger partial charge in [-0.25, -0.2) is 0 Å². The van der Waals surface area contributed by atoms with Crippen molar-refractivity contribution in [2.45, 2.75) is 32.4 Å². The second kappa shape index (κ2) is 9.81. The van der Waals surface area contributed by atoms with Crippen LogP contribution in [0.3, 0.4) is 0 Å². The van der Waals surface area contributed by atoms with Crippen LogP contribution in [0, 0.1) is 5.92 Å². The molecule has 1 unspecified atom stereocenters. The van der Waals surface area contributed by atoms with Gasteiger partial charge in [-0.3, -0.25) is 0 Å². The predicted molar refractivity (Wildman–Crippen MR) is 66.1 cm³/mol. The first-order valence-electron chi connectivity index (χ1n) is 5.48. The minimum atomic E-state index is 0.692. The van der Waals surface area contributed by atoms with Gasteiger partial charge in [-0.05, 0) is 18.9 Å². The Kier molecular flexibility index (Phi) is 10.0. The molecule has 0 saturated heterocycles. The highest BCUT2D eigenvalue weighted by atomic mass is 32.2. The second-order valence-corrected chi connectivity index (χ2v) is 5.61. The van der Waals surface area contributed by atoms with E-state index < -0.39 is 0 Å². The van der Waals surface area contributed by atoms with Crippen LogP contribution in [0.25, 0.3) is 0 Å². The average molecular weight is 219 g/mol. The van der Waals surface area contributed by atoms with E-state index in [4.69, 9.17) is 4.74 Å². The molecule has 0 saturated carbocycles. The molecule has 0 aliphatic rings. The highest BCUT2D eigenvalue weighted by Crippen LogP contribution is 2.08. The lowest BCUT2D eigenvalue weighted by Crippen LogP contribution is -2.25. The summed E-state index contributed by atoms with van der Waals surface area (Å²) in [5.41, 5.74) is 0. The summed E-state index contributed by atoms with van der Waals surface area (Å²) in [6.07, 6.45) is 1.27. The molecule has 0 aromatic rings. The highest BCUT2D eigenvalue weighted by Gasteiger charge is 2.01. The number of hydrogen-bond acceptors (Lipinski definition) is 3. The molecule has 0 aliphatic carbocycles. The molecular weight excluding hydrogens is 194 g/mol. The molecule has 0 radical (unpaired) electrons. The zero-order chi connectivity index (χ0) is 10.8. The summed E-state index contributed by atoms with van der Waals surface area (Å²) in [6.45, 7) is 9.91. The van der Waals surface area contributed by atoms with Gasteiger partial charge in [0.05, 0.1) is 6.61 Å². The van der Waals surface area contributed by atoms with Crippen molar-refractivity contribution in [2.24, 2.45) is 5.92 Å². The van der Waals surface area contributed by atoms with E-state index in [1.165, 1.54) is 6.42 Å². The smallest absolute Gasteiger partial charge is 0.0553 e. The Balaban J connectivity index is 3.14. The van der Waals surface area contributed by atoms with Crippen LogP contribution in [0.4, 0.5) is 0 Å². The zero-order valence-corrected chi connectivity index (χ0v) is 10.8. The molecule has 14 heavy (non-hydrogen) atoms. The molecule has 3 heteroatoms. The van der Waals surface area contributed by atoms with E-state index in [1.54, 1.807) is 7.11 Å². The van der Waals surface area contributed by atoms with E-state index in [9.17, 15) is 0 Å². The number of methoxy groups -OCH3 is 1. The van der Waals surface area contributed by atoms with Crippen molar-refractivity contribution in [3.05, 3.63) is 0 Å². The molecule has 0 bridgehead atoms. The first-order valence-corrected chi connectivity index (χ1v) is 6.53. The van der Waals surface area contributed by atoms with E-state index in [0.29, 0.717) is 5.25 Å². The summed E-state index contributed by atoms with van der Waals surface area (Å²) >= 11 is 1.97. The Labute approximate surface area is 93.2 Å². The van der Waals surface area contributed by atoms with Crippen molar-refractivity contribution in [2.75, 3.05) is 32.6 Å². The van der Waals surface area contributed by atoms with E-state index in [1.807, 2.05) is 11.8 Å². The van der Waals surface area contributed by atoms with E-state index in [0.717, 1.165) is 31.4 Å². The summed E-state index contributed by atoms with van der Waals surface area (Å²) < 4.78 is 5.01. The fraction of sp³-hybridized carbons (Fsp3) is 1.00. The Bertz CT molecular complexity index is 120. The van der Waals surface area contributed by atoms with E-state index >= 15 is 0 Å². The summed E-state index contributed by atoms with van der Waals surface area (Å²) in [5, 5.41) is 4.17. The Morgan fingerprint density at radius 1 is 1.29 bits per heavy atom. The standard InChI is InChI=1S/C11H25NOS/c1-10(2)5-6-12-9-11(3)14-8-7-13-4/h10-12H,5-9H2,1-4H3. The normalized spacial score (nSPS) is 13.5. The third-order valence-corrected chi connectivity index (χ3v) is 3.16. The first-order chi connectivity index (χ1) is 6.66. The number of thioether (sulfide) groups is 1. The number of ether oxygens (including phenoxy) is 1. The lowest BCUT2D eigenvalue weighted by Gasteiger charge is -2.12.